The van der Waals surface area contributed by atoms with Gasteiger partial charge in [-0.1, -0.05) is 13.8 Å². The van der Waals surface area contributed by atoms with Crippen LogP contribution < -0.4 is 53.2 Å². The van der Waals surface area contributed by atoms with Crippen LogP contribution in [-0.2, 0) is 85.8 Å². The van der Waals surface area contributed by atoms with Gasteiger partial charge in [-0.25, -0.2) is 0 Å². The molecular formula is C64H126N10O27. The number of amides is 9. The summed E-state index contributed by atoms with van der Waals surface area (Å²) in [6, 6.07) is -3.36. The van der Waals surface area contributed by atoms with Gasteiger partial charge in [-0.2, -0.15) is 0 Å². The van der Waals surface area contributed by atoms with Gasteiger partial charge in [0.15, 0.2) is 18.9 Å². The third-order valence-corrected chi connectivity index (χ3v) is 16.1. The van der Waals surface area contributed by atoms with Gasteiger partial charge >= 0.3 is 0 Å². The van der Waals surface area contributed by atoms with Crippen LogP contribution in [0.25, 0.3) is 0 Å². The number of unbranched alkanes of at least 4 members (excludes halogenated alkanes) is 3. The fourth-order valence-corrected chi connectivity index (χ4v) is 10.9. The maximum atomic E-state index is 12.9. The van der Waals surface area contributed by atoms with E-state index in [4.69, 9.17) is 42.6 Å². The van der Waals surface area contributed by atoms with E-state index in [1.807, 2.05) is 13.8 Å². The lowest BCUT2D eigenvalue weighted by Crippen LogP contribution is -2.64. The van der Waals surface area contributed by atoms with E-state index < -0.39 is 135 Å². The lowest BCUT2D eigenvalue weighted by Gasteiger charge is -2.42. The Morgan fingerprint density at radius 1 is 0.366 bits per heavy atom. The van der Waals surface area contributed by atoms with Crippen molar-refractivity contribution in [3.63, 3.8) is 0 Å². The van der Waals surface area contributed by atoms with Gasteiger partial charge in [0.2, 0.25) is 53.2 Å². The lowest BCUT2D eigenvalue weighted by molar-refractivity contribution is -0.270. The van der Waals surface area contributed by atoms with Crippen LogP contribution in [-0.4, -0.2) is 321 Å². The Balaban J connectivity index is -0.0000212. The summed E-state index contributed by atoms with van der Waals surface area (Å²) >= 11 is 0. The van der Waals surface area contributed by atoms with Crippen molar-refractivity contribution in [1.29, 1.82) is 0 Å². The van der Waals surface area contributed by atoms with Crippen LogP contribution in [0.4, 0.5) is 0 Å². The van der Waals surface area contributed by atoms with E-state index in [1.54, 1.807) is 0 Å². The number of aliphatic hydroxyl groups excluding tert-OH is 9. The van der Waals surface area contributed by atoms with Crippen molar-refractivity contribution in [1.82, 2.24) is 53.2 Å². The Bertz CT molecular complexity index is 2210. The molecule has 3 aliphatic rings. The van der Waals surface area contributed by atoms with Crippen molar-refractivity contribution >= 4 is 53.2 Å². The minimum atomic E-state index is -1.44. The third kappa shape index (κ3) is 36.2. The number of carbonyl (C=O) groups excluding carboxylic acids is 9. The van der Waals surface area contributed by atoms with Crippen LogP contribution in [0.1, 0.15) is 138 Å². The fourth-order valence-electron chi connectivity index (χ4n) is 10.9. The summed E-state index contributed by atoms with van der Waals surface area (Å²) in [6.45, 7) is 7.73. The van der Waals surface area contributed by atoms with Crippen LogP contribution in [0.15, 0.2) is 0 Å². The molecule has 3 heterocycles. The topological polar surface area (TPSA) is 539 Å². The first-order valence-electron chi connectivity index (χ1n) is 34.9. The average molecular weight is 1470 g/mol. The second kappa shape index (κ2) is 50.8. The summed E-state index contributed by atoms with van der Waals surface area (Å²) in [4.78, 5) is 111. The normalized spacial score (nSPS) is 25.6. The van der Waals surface area contributed by atoms with Gasteiger partial charge in [0, 0.05) is 132 Å². The Labute approximate surface area is 596 Å². The second-order valence-electron chi connectivity index (χ2n) is 25.4. The number of nitrogens with one attached hydrogen (secondary N) is 10. The molecule has 0 bridgehead atoms. The van der Waals surface area contributed by atoms with Crippen molar-refractivity contribution in [3.05, 3.63) is 0 Å². The molecule has 3 rings (SSSR count). The first kappa shape index (κ1) is 89.7. The number of hydrogen-bond acceptors (Lipinski definition) is 28. The van der Waals surface area contributed by atoms with E-state index in [1.165, 1.54) is 20.8 Å². The highest BCUT2D eigenvalue weighted by Gasteiger charge is 2.48. The molecule has 3 aliphatic heterocycles. The molecule has 0 aliphatic carbocycles. The Morgan fingerprint density at radius 3 is 0.842 bits per heavy atom. The van der Waals surface area contributed by atoms with Gasteiger partial charge in [-0.15, -0.1) is 0 Å². The van der Waals surface area contributed by atoms with E-state index in [0.29, 0.717) is 57.8 Å². The number of aliphatic hydroxyl groups is 9. The molecule has 3 saturated heterocycles. The standard InChI is InChI=1S/C64H116N10O27.5H2/c1-39(2)74-64(36-93-30-18-49(84)68-24-12-21-65-46(81)15-6-9-27-96-61-52(71-40(3)78)58(90)55(87)43(33-75)99-61,37-94-31-19-50(85)69-25-13-22-66-47(82)16-7-10-28-97-62-53(72-41(4)79)59(91)56(88)44(34-76)100-62)38-95-32-20-51(86)70-26-14-23-67-48(83)17-8-11-29-98-63-54(73-42(5)80)60(92)57(89)45(35-77)101-63;;;;;/h39,43-45,52-63,74-77,87-92H,6-38H2,1-5H3,(H,65,81)(H,66,82)(H,67,83)(H,68,84)(H,69,85)(H,70,86)(H,71,78)(H,72,79)(H,73,80);5*1H/t43?,44?,45?,52-,53-,54-,55-,56-,57-,58?,59?,60?,61+,62+,63+,64?;;;;;/m0...../s1. The second-order valence-corrected chi connectivity index (χ2v) is 25.4. The van der Waals surface area contributed by atoms with Gasteiger partial charge in [-0.3, -0.25) is 43.2 Å². The molecule has 594 valence electrons. The van der Waals surface area contributed by atoms with Crippen molar-refractivity contribution in [2.24, 2.45) is 0 Å². The van der Waals surface area contributed by atoms with Crippen molar-refractivity contribution < 1.29 is 139 Å². The SMILES string of the molecule is CC(=O)N[C@H]1C(O)[C@@H](O)C(CO)O[C@H]1OCCCCC(=O)NCCCNC(=O)CCOCC(COCCC(=O)NCCCNC(=O)CCCCO[C@@H]1OC(CO)[C@H](O)C(O)[C@@H]1NC(C)=O)(COCCC(=O)NCCCNC(=O)CCCCO[C@@H]1OC(CO)[C@H](O)C(O)[C@@H]1NC(C)=O)NC(C)C.[HH].[HH].[HH].[HH].[HH]. The zero-order valence-corrected chi connectivity index (χ0v) is 58.9. The summed E-state index contributed by atoms with van der Waals surface area (Å²) in [5, 5.41) is 118. The zero-order valence-electron chi connectivity index (χ0n) is 58.9. The number of hydrogen-bond donors (Lipinski definition) is 19. The van der Waals surface area contributed by atoms with Gasteiger partial charge in [0.1, 0.15) is 73.1 Å². The summed E-state index contributed by atoms with van der Waals surface area (Å²) in [6.07, 6.45) is -11.0. The molecule has 0 spiro atoms. The molecule has 6 unspecified atom stereocenters. The van der Waals surface area contributed by atoms with Gasteiger partial charge in [-0.05, 0) is 57.8 Å². The lowest BCUT2D eigenvalue weighted by atomic mass is 9.97. The number of carbonyl (C=O) groups is 9. The van der Waals surface area contributed by atoms with Crippen LogP contribution in [0.2, 0.25) is 0 Å². The van der Waals surface area contributed by atoms with E-state index in [0.717, 1.165) is 0 Å². The molecule has 3 fully saturated rings. The number of ether oxygens (including phenoxy) is 9. The maximum absolute atomic E-state index is 12.9. The molecule has 15 atom stereocenters. The predicted octanol–water partition coefficient (Wildman–Crippen LogP) is -5.57. The molecule has 0 saturated carbocycles. The molecule has 0 aromatic heterocycles. The minimum Gasteiger partial charge on any atom is -0.394 e. The molecule has 0 radical (unpaired) electrons. The molecule has 9 amide bonds. The highest BCUT2D eigenvalue weighted by Crippen LogP contribution is 2.26. The highest BCUT2D eigenvalue weighted by atomic mass is 16.7. The van der Waals surface area contributed by atoms with Crippen LogP contribution in [0.3, 0.4) is 0 Å². The molecular weight excluding hydrogens is 1340 g/mol. The van der Waals surface area contributed by atoms with Crippen LogP contribution in [0, 0.1) is 0 Å². The predicted molar refractivity (Wildman–Crippen MR) is 365 cm³/mol. The maximum Gasteiger partial charge on any atom is 0.222 e. The van der Waals surface area contributed by atoms with E-state index in [-0.39, 0.29) is 186 Å². The van der Waals surface area contributed by atoms with Crippen LogP contribution >= 0.6 is 0 Å². The fraction of sp³-hybridized carbons (Fsp3) is 0.859. The third-order valence-electron chi connectivity index (χ3n) is 16.1. The summed E-state index contributed by atoms with van der Waals surface area (Å²) < 4.78 is 51.9. The van der Waals surface area contributed by atoms with Gasteiger partial charge in [0.25, 0.3) is 0 Å². The largest absolute Gasteiger partial charge is 0.394 e. The first-order chi connectivity index (χ1) is 48.2. The molecule has 0 aromatic rings. The molecule has 19 N–H and O–H groups in total. The first-order valence-corrected chi connectivity index (χ1v) is 34.9. The molecule has 37 nitrogen and oxygen atoms in total. The average Bonchev–Trinajstić information content (AvgIpc) is 0.822. The monoisotopic (exact) mass is 1470 g/mol. The van der Waals surface area contributed by atoms with Crippen LogP contribution in [0.5, 0.6) is 0 Å². The van der Waals surface area contributed by atoms with Gasteiger partial charge in [0.05, 0.1) is 65.0 Å². The molecule has 101 heavy (non-hydrogen) atoms. The summed E-state index contributed by atoms with van der Waals surface area (Å²) in [5.74, 6) is -3.01. The molecule has 37 heteroatoms. The van der Waals surface area contributed by atoms with E-state index in [9.17, 15) is 89.1 Å². The van der Waals surface area contributed by atoms with Crippen molar-refractivity contribution in [3.8, 4) is 0 Å². The van der Waals surface area contributed by atoms with Crippen molar-refractivity contribution in [2.75, 3.05) is 119 Å². The van der Waals surface area contributed by atoms with E-state index >= 15 is 0 Å². The highest BCUT2D eigenvalue weighted by molar-refractivity contribution is 5.78. The molecule has 0 aromatic carbocycles. The Morgan fingerprint density at radius 2 is 0.614 bits per heavy atom. The Kier molecular flexibility index (Phi) is 45.1. The van der Waals surface area contributed by atoms with E-state index in [2.05, 4.69) is 53.2 Å². The van der Waals surface area contributed by atoms with Gasteiger partial charge < -0.3 is 142 Å². The Hall–Kier alpha value is -5.53. The quantitative estimate of drug-likeness (QED) is 0.0253. The zero-order chi connectivity index (χ0) is 74.7. The smallest absolute Gasteiger partial charge is 0.222 e. The minimum absolute atomic E-state index is 0. The number of rotatable bonds is 53. The summed E-state index contributed by atoms with van der Waals surface area (Å²) in [5.41, 5.74) is -1.02. The summed E-state index contributed by atoms with van der Waals surface area (Å²) in [7, 11) is 0. The van der Waals surface area contributed by atoms with Crippen molar-refractivity contribution in [2.45, 2.75) is 234 Å².